The van der Waals surface area contributed by atoms with Gasteiger partial charge >= 0.3 is 12.0 Å². The van der Waals surface area contributed by atoms with Gasteiger partial charge in [0.05, 0.1) is 6.61 Å². The number of carboxylic acid groups (broad SMARTS) is 1. The number of hydrogen-bond donors (Lipinski definition) is 3. The first kappa shape index (κ1) is 18.2. The summed E-state index contributed by atoms with van der Waals surface area (Å²) in [5, 5.41) is 13.8. The third kappa shape index (κ3) is 9.15. The molecular formula is C12H23N3O5. The Hall–Kier alpha value is -1.83. The number of methoxy groups -OCH3 is 1. The van der Waals surface area contributed by atoms with E-state index in [1.165, 1.54) is 12.0 Å². The summed E-state index contributed by atoms with van der Waals surface area (Å²) in [7, 11) is 1.54. The van der Waals surface area contributed by atoms with Gasteiger partial charge in [-0.25, -0.2) is 4.79 Å². The third-order valence-electron chi connectivity index (χ3n) is 2.36. The second-order valence-electron chi connectivity index (χ2n) is 4.14. The summed E-state index contributed by atoms with van der Waals surface area (Å²) in [6.45, 7) is 2.88. The molecule has 0 unspecified atom stereocenters. The molecule has 0 fully saturated rings. The zero-order valence-corrected chi connectivity index (χ0v) is 12.0. The molecule has 0 heterocycles. The summed E-state index contributed by atoms with van der Waals surface area (Å²) in [4.78, 5) is 34.9. The molecule has 0 rings (SSSR count). The van der Waals surface area contributed by atoms with E-state index in [-0.39, 0.29) is 25.4 Å². The third-order valence-corrected chi connectivity index (χ3v) is 2.36. The van der Waals surface area contributed by atoms with Crippen LogP contribution in [-0.4, -0.2) is 67.8 Å². The number of rotatable bonds is 10. The van der Waals surface area contributed by atoms with Crippen LogP contribution in [0.15, 0.2) is 0 Å². The number of aliphatic carboxylic acids is 1. The normalized spacial score (nSPS) is 9.90. The van der Waals surface area contributed by atoms with Crippen molar-refractivity contribution >= 4 is 17.9 Å². The lowest BCUT2D eigenvalue weighted by atomic mass is 10.4. The minimum absolute atomic E-state index is 0.141. The molecule has 0 spiro atoms. The molecule has 0 aromatic heterocycles. The monoisotopic (exact) mass is 289 g/mol. The first-order valence-electron chi connectivity index (χ1n) is 6.51. The Bertz CT molecular complexity index is 322. The molecule has 0 bridgehead atoms. The van der Waals surface area contributed by atoms with Crippen LogP contribution in [0, 0.1) is 0 Å². The first-order valence-corrected chi connectivity index (χ1v) is 6.51. The molecular weight excluding hydrogens is 266 g/mol. The maximum Gasteiger partial charge on any atom is 0.323 e. The highest BCUT2D eigenvalue weighted by atomic mass is 16.5. The largest absolute Gasteiger partial charge is 0.480 e. The van der Waals surface area contributed by atoms with E-state index in [1.807, 2.05) is 6.92 Å². The summed E-state index contributed by atoms with van der Waals surface area (Å²) in [5.74, 6) is -1.26. The maximum absolute atomic E-state index is 11.7. The van der Waals surface area contributed by atoms with E-state index in [9.17, 15) is 14.4 Å². The molecule has 0 saturated heterocycles. The maximum atomic E-state index is 11.7. The molecule has 20 heavy (non-hydrogen) atoms. The van der Waals surface area contributed by atoms with E-state index in [0.29, 0.717) is 26.1 Å². The van der Waals surface area contributed by atoms with E-state index < -0.39 is 12.0 Å². The van der Waals surface area contributed by atoms with E-state index in [2.05, 4.69) is 10.6 Å². The number of carbonyl (C=O) groups excluding carboxylic acids is 2. The molecule has 0 atom stereocenters. The van der Waals surface area contributed by atoms with Gasteiger partial charge in [0.1, 0.15) is 6.54 Å². The fraction of sp³-hybridized carbons (Fsp3) is 0.750. The number of hydrogen-bond acceptors (Lipinski definition) is 4. The lowest BCUT2D eigenvalue weighted by Crippen LogP contribution is -2.44. The molecule has 0 saturated carbocycles. The van der Waals surface area contributed by atoms with E-state index in [1.54, 1.807) is 0 Å². The fourth-order valence-corrected chi connectivity index (χ4v) is 1.46. The lowest BCUT2D eigenvalue weighted by Gasteiger charge is -2.20. The number of ether oxygens (including phenoxy) is 1. The van der Waals surface area contributed by atoms with Crippen molar-refractivity contribution in [1.29, 1.82) is 0 Å². The molecule has 8 nitrogen and oxygen atoms in total. The van der Waals surface area contributed by atoms with Gasteiger partial charge in [0, 0.05) is 33.2 Å². The van der Waals surface area contributed by atoms with Gasteiger partial charge in [0.15, 0.2) is 0 Å². The molecule has 116 valence electrons. The Morgan fingerprint density at radius 3 is 2.45 bits per heavy atom. The highest BCUT2D eigenvalue weighted by molar-refractivity contribution is 5.81. The average molecular weight is 289 g/mol. The second kappa shape index (κ2) is 11.0. The average Bonchev–Trinajstić information content (AvgIpc) is 2.38. The summed E-state index contributed by atoms with van der Waals surface area (Å²) in [5.41, 5.74) is 0. The molecule has 0 aromatic carbocycles. The number of amides is 3. The van der Waals surface area contributed by atoms with Crippen LogP contribution in [0.2, 0.25) is 0 Å². The van der Waals surface area contributed by atoms with Crippen LogP contribution in [0.4, 0.5) is 4.79 Å². The predicted molar refractivity (Wildman–Crippen MR) is 72.4 cm³/mol. The quantitative estimate of drug-likeness (QED) is 0.476. The summed E-state index contributed by atoms with van der Waals surface area (Å²) in [6.07, 6.45) is 0.806. The van der Waals surface area contributed by atoms with Crippen LogP contribution in [0.3, 0.4) is 0 Å². The first-order chi connectivity index (χ1) is 9.51. The smallest absolute Gasteiger partial charge is 0.323 e. The van der Waals surface area contributed by atoms with Gasteiger partial charge in [-0.15, -0.1) is 0 Å². The summed E-state index contributed by atoms with van der Waals surface area (Å²) >= 11 is 0. The molecule has 0 aliphatic carbocycles. The zero-order chi connectivity index (χ0) is 15.4. The van der Waals surface area contributed by atoms with Crippen LogP contribution in [0.5, 0.6) is 0 Å². The molecule has 3 N–H and O–H groups in total. The minimum atomic E-state index is -1.06. The van der Waals surface area contributed by atoms with Gasteiger partial charge in [-0.1, -0.05) is 6.92 Å². The highest BCUT2D eigenvalue weighted by Gasteiger charge is 2.15. The van der Waals surface area contributed by atoms with Gasteiger partial charge in [0.2, 0.25) is 5.91 Å². The molecule has 0 aliphatic rings. The van der Waals surface area contributed by atoms with Crippen molar-refractivity contribution in [2.45, 2.75) is 19.8 Å². The number of nitrogens with one attached hydrogen (secondary N) is 2. The Balaban J connectivity index is 3.93. The van der Waals surface area contributed by atoms with Crippen LogP contribution in [-0.2, 0) is 14.3 Å². The van der Waals surface area contributed by atoms with E-state index >= 15 is 0 Å². The zero-order valence-electron chi connectivity index (χ0n) is 12.0. The topological polar surface area (TPSA) is 108 Å². The van der Waals surface area contributed by atoms with Crippen molar-refractivity contribution in [2.24, 2.45) is 0 Å². The van der Waals surface area contributed by atoms with Crippen LogP contribution >= 0.6 is 0 Å². The van der Waals surface area contributed by atoms with Crippen molar-refractivity contribution in [3.8, 4) is 0 Å². The SMILES string of the molecule is CCCN(CC(=O)O)C(=O)NCCC(=O)NCCOC. The lowest BCUT2D eigenvalue weighted by molar-refractivity contribution is -0.137. The molecule has 0 aliphatic heterocycles. The molecule has 0 aromatic rings. The van der Waals surface area contributed by atoms with Crippen LogP contribution in [0.1, 0.15) is 19.8 Å². The van der Waals surface area contributed by atoms with E-state index in [0.717, 1.165) is 0 Å². The second-order valence-corrected chi connectivity index (χ2v) is 4.14. The predicted octanol–water partition coefficient (Wildman–Crippen LogP) is -0.355. The summed E-state index contributed by atoms with van der Waals surface area (Å²) in [6, 6.07) is -0.473. The molecule has 3 amide bonds. The fourth-order valence-electron chi connectivity index (χ4n) is 1.46. The molecule has 8 heteroatoms. The number of nitrogens with zero attached hydrogens (tertiary/aromatic N) is 1. The van der Waals surface area contributed by atoms with Gasteiger partial charge in [-0.05, 0) is 6.42 Å². The molecule has 0 radical (unpaired) electrons. The Kier molecular flexibility index (Phi) is 10.0. The Morgan fingerprint density at radius 1 is 1.20 bits per heavy atom. The van der Waals surface area contributed by atoms with Crippen LogP contribution in [0.25, 0.3) is 0 Å². The Labute approximate surface area is 118 Å². The van der Waals surface area contributed by atoms with Crippen molar-refractivity contribution in [1.82, 2.24) is 15.5 Å². The standard InChI is InChI=1S/C12H23N3O5/c1-3-7-15(9-11(17)18)12(19)14-5-4-10(16)13-6-8-20-2/h3-9H2,1-2H3,(H,13,16)(H,14,19)(H,17,18). The van der Waals surface area contributed by atoms with E-state index in [4.69, 9.17) is 9.84 Å². The Morgan fingerprint density at radius 2 is 1.90 bits per heavy atom. The van der Waals surface area contributed by atoms with Gasteiger partial charge < -0.3 is 25.4 Å². The number of carbonyl (C=O) groups is 3. The van der Waals surface area contributed by atoms with Crippen molar-refractivity contribution in [3.05, 3.63) is 0 Å². The van der Waals surface area contributed by atoms with Crippen molar-refractivity contribution in [3.63, 3.8) is 0 Å². The number of urea groups is 1. The van der Waals surface area contributed by atoms with Crippen molar-refractivity contribution in [2.75, 3.05) is 39.9 Å². The van der Waals surface area contributed by atoms with Gasteiger partial charge in [0.25, 0.3) is 0 Å². The van der Waals surface area contributed by atoms with Crippen molar-refractivity contribution < 1.29 is 24.2 Å². The highest BCUT2D eigenvalue weighted by Crippen LogP contribution is 1.93. The number of carboxylic acids is 1. The van der Waals surface area contributed by atoms with Gasteiger partial charge in [-0.3, -0.25) is 9.59 Å². The summed E-state index contributed by atoms with van der Waals surface area (Å²) < 4.78 is 4.78. The van der Waals surface area contributed by atoms with Crippen LogP contribution < -0.4 is 10.6 Å². The minimum Gasteiger partial charge on any atom is -0.480 e. The van der Waals surface area contributed by atoms with Gasteiger partial charge in [-0.2, -0.15) is 0 Å².